The average molecular weight is 247 g/mol. The second-order valence-electron chi connectivity index (χ2n) is 3.75. The predicted octanol–water partition coefficient (Wildman–Crippen LogP) is 2.44. The summed E-state index contributed by atoms with van der Waals surface area (Å²) in [6, 6.07) is 5.96. The number of hydrogen-bond acceptors (Lipinski definition) is 2. The maximum Gasteiger partial charge on any atom is 0.136 e. The molecular weight excluding hydrogens is 236 g/mol. The Morgan fingerprint density at radius 1 is 1.18 bits per heavy atom. The highest BCUT2D eigenvalue weighted by Gasteiger charge is 2.07. The number of fused-ring (bicyclic) bond motifs is 1. The maximum absolute atomic E-state index is 5.76. The van der Waals surface area contributed by atoms with Crippen molar-refractivity contribution in [3.8, 4) is 11.3 Å². The quantitative estimate of drug-likeness (QED) is 0.666. The largest absolute Gasteiger partial charge is 0.330 e. The minimum atomic E-state index is 0.597. The molecule has 0 unspecified atom stereocenters. The van der Waals surface area contributed by atoms with Crippen LogP contribution in [0, 0.1) is 0 Å². The number of imidazole rings is 1. The Kier molecular flexibility index (Phi) is 2.57. The number of halogens is 1. The zero-order valence-corrected chi connectivity index (χ0v) is 9.88. The topological polar surface area (TPSA) is 35.1 Å². The summed E-state index contributed by atoms with van der Waals surface area (Å²) < 4.78 is 3.95. The third kappa shape index (κ3) is 1.80. The molecular formula is C12H11ClN4. The highest BCUT2D eigenvalue weighted by molar-refractivity contribution is 6.17. The Morgan fingerprint density at radius 3 is 2.76 bits per heavy atom. The molecule has 0 radical (unpaired) electrons. The monoisotopic (exact) mass is 246 g/mol. The van der Waals surface area contributed by atoms with Crippen molar-refractivity contribution in [3.63, 3.8) is 0 Å². The van der Waals surface area contributed by atoms with E-state index < -0.39 is 0 Å². The minimum absolute atomic E-state index is 0.597. The lowest BCUT2D eigenvalue weighted by Crippen LogP contribution is -1.96. The van der Waals surface area contributed by atoms with Crippen molar-refractivity contribution < 1.29 is 0 Å². The Morgan fingerprint density at radius 2 is 2.00 bits per heavy atom. The van der Waals surface area contributed by atoms with Gasteiger partial charge >= 0.3 is 0 Å². The van der Waals surface area contributed by atoms with Crippen molar-refractivity contribution in [2.75, 3.05) is 5.88 Å². The van der Waals surface area contributed by atoms with Gasteiger partial charge in [0.1, 0.15) is 5.65 Å². The summed E-state index contributed by atoms with van der Waals surface area (Å²) in [5.74, 6) is 0.597. The molecule has 0 aromatic carbocycles. The summed E-state index contributed by atoms with van der Waals surface area (Å²) in [7, 11) is 0. The van der Waals surface area contributed by atoms with Crippen molar-refractivity contribution in [2.45, 2.75) is 6.54 Å². The van der Waals surface area contributed by atoms with Gasteiger partial charge in [0.2, 0.25) is 0 Å². The summed E-state index contributed by atoms with van der Waals surface area (Å²) in [4.78, 5) is 4.00. The molecule has 3 rings (SSSR count). The highest BCUT2D eigenvalue weighted by atomic mass is 35.5. The Balaban J connectivity index is 2.08. The number of pyridine rings is 1. The van der Waals surface area contributed by atoms with E-state index in [-0.39, 0.29) is 0 Å². The normalized spacial score (nSPS) is 11.1. The van der Waals surface area contributed by atoms with E-state index in [0.29, 0.717) is 5.88 Å². The van der Waals surface area contributed by atoms with E-state index >= 15 is 0 Å². The molecule has 5 heteroatoms. The third-order valence-electron chi connectivity index (χ3n) is 2.70. The number of rotatable bonds is 3. The summed E-state index contributed by atoms with van der Waals surface area (Å²) in [5.41, 5.74) is 3.07. The summed E-state index contributed by atoms with van der Waals surface area (Å²) in [6.45, 7) is 0.791. The van der Waals surface area contributed by atoms with Gasteiger partial charge < -0.3 is 4.57 Å². The second-order valence-corrected chi connectivity index (χ2v) is 4.13. The number of hydrogen-bond donors (Lipinski definition) is 0. The molecule has 86 valence electrons. The second kappa shape index (κ2) is 4.22. The van der Waals surface area contributed by atoms with Crippen LogP contribution in [0.5, 0.6) is 0 Å². The molecule has 17 heavy (non-hydrogen) atoms. The third-order valence-corrected chi connectivity index (χ3v) is 2.87. The molecule has 3 aromatic rings. The fraction of sp³-hybridized carbons (Fsp3) is 0.167. The zero-order chi connectivity index (χ0) is 11.7. The van der Waals surface area contributed by atoms with Gasteiger partial charge in [0.05, 0.1) is 5.69 Å². The van der Waals surface area contributed by atoms with Gasteiger partial charge in [-0.15, -0.1) is 11.6 Å². The fourth-order valence-electron chi connectivity index (χ4n) is 1.87. The molecule has 0 amide bonds. The van der Waals surface area contributed by atoms with Crippen molar-refractivity contribution in [3.05, 3.63) is 43.0 Å². The van der Waals surface area contributed by atoms with Gasteiger partial charge in [-0.05, 0) is 12.1 Å². The molecule has 0 atom stereocenters. The van der Waals surface area contributed by atoms with E-state index in [0.717, 1.165) is 23.4 Å². The Labute approximate surface area is 103 Å². The molecule has 0 bridgehead atoms. The van der Waals surface area contributed by atoms with Crippen LogP contribution in [0.1, 0.15) is 0 Å². The van der Waals surface area contributed by atoms with Gasteiger partial charge in [-0.3, -0.25) is 4.98 Å². The molecule has 0 saturated heterocycles. The van der Waals surface area contributed by atoms with Crippen LogP contribution in [0.15, 0.2) is 43.0 Å². The lowest BCUT2D eigenvalue weighted by Gasteiger charge is -1.97. The first-order chi connectivity index (χ1) is 8.38. The lowest BCUT2D eigenvalue weighted by molar-refractivity contribution is 0.794. The molecule has 0 aliphatic heterocycles. The van der Waals surface area contributed by atoms with Crippen LogP contribution in [0.2, 0.25) is 0 Å². The zero-order valence-electron chi connectivity index (χ0n) is 9.12. The van der Waals surface area contributed by atoms with Gasteiger partial charge in [0.25, 0.3) is 0 Å². The summed E-state index contributed by atoms with van der Waals surface area (Å²) >= 11 is 5.76. The summed E-state index contributed by atoms with van der Waals surface area (Å²) in [5, 5.41) is 4.51. The van der Waals surface area contributed by atoms with Crippen molar-refractivity contribution in [2.24, 2.45) is 0 Å². The van der Waals surface area contributed by atoms with Gasteiger partial charge in [-0.2, -0.15) is 5.10 Å². The smallest absolute Gasteiger partial charge is 0.136 e. The minimum Gasteiger partial charge on any atom is -0.330 e. The van der Waals surface area contributed by atoms with Crippen molar-refractivity contribution in [1.82, 2.24) is 19.2 Å². The lowest BCUT2D eigenvalue weighted by atomic mass is 10.2. The molecule has 0 spiro atoms. The summed E-state index contributed by atoms with van der Waals surface area (Å²) in [6.07, 6.45) is 7.46. The predicted molar refractivity (Wildman–Crippen MR) is 67.1 cm³/mol. The molecule has 3 heterocycles. The number of aromatic nitrogens is 4. The first kappa shape index (κ1) is 10.4. The molecule has 0 saturated carbocycles. The van der Waals surface area contributed by atoms with Crippen molar-refractivity contribution >= 4 is 17.2 Å². The first-order valence-corrected chi connectivity index (χ1v) is 5.93. The first-order valence-electron chi connectivity index (χ1n) is 5.39. The van der Waals surface area contributed by atoms with Crippen LogP contribution in [0.3, 0.4) is 0 Å². The molecule has 0 N–H and O–H groups in total. The van der Waals surface area contributed by atoms with Gasteiger partial charge in [-0.1, -0.05) is 0 Å². The van der Waals surface area contributed by atoms with E-state index in [2.05, 4.69) is 20.7 Å². The van der Waals surface area contributed by atoms with Crippen LogP contribution in [0.25, 0.3) is 16.9 Å². The number of nitrogens with zero attached hydrogens (tertiary/aromatic N) is 4. The molecule has 0 aliphatic rings. The Hall–Kier alpha value is -1.81. The molecule has 3 aromatic heterocycles. The average Bonchev–Trinajstić information content (AvgIpc) is 2.93. The van der Waals surface area contributed by atoms with Crippen molar-refractivity contribution in [1.29, 1.82) is 0 Å². The Bertz CT molecular complexity index is 626. The molecule has 4 nitrogen and oxygen atoms in total. The number of alkyl halides is 1. The van der Waals surface area contributed by atoms with E-state index in [1.165, 1.54) is 0 Å². The highest BCUT2D eigenvalue weighted by Crippen LogP contribution is 2.19. The molecule has 0 aliphatic carbocycles. The van der Waals surface area contributed by atoms with E-state index in [4.69, 9.17) is 11.6 Å². The van der Waals surface area contributed by atoms with Crippen LogP contribution in [-0.2, 0) is 6.54 Å². The van der Waals surface area contributed by atoms with Crippen LogP contribution in [-0.4, -0.2) is 25.0 Å². The maximum atomic E-state index is 5.76. The van der Waals surface area contributed by atoms with Crippen LogP contribution >= 0.6 is 11.6 Å². The van der Waals surface area contributed by atoms with Gasteiger partial charge in [0.15, 0.2) is 0 Å². The van der Waals surface area contributed by atoms with Gasteiger partial charge in [0, 0.05) is 48.8 Å². The molecule has 0 fully saturated rings. The van der Waals surface area contributed by atoms with E-state index in [1.807, 2.05) is 29.0 Å². The van der Waals surface area contributed by atoms with Gasteiger partial charge in [-0.25, -0.2) is 4.52 Å². The fourth-order valence-corrected chi connectivity index (χ4v) is 2.05. The van der Waals surface area contributed by atoms with Crippen LogP contribution < -0.4 is 0 Å². The van der Waals surface area contributed by atoms with E-state index in [1.54, 1.807) is 12.4 Å². The number of aryl methyl sites for hydroxylation is 1. The SMILES string of the molecule is ClCCn1ccn2nc(-c3ccncc3)cc12. The van der Waals surface area contributed by atoms with E-state index in [9.17, 15) is 0 Å². The standard InChI is InChI=1S/C12H11ClN4/c13-3-6-16-7-8-17-12(16)9-11(15-17)10-1-4-14-5-2-10/h1-2,4-5,7-9H,3,6H2. The van der Waals surface area contributed by atoms with Crippen LogP contribution in [0.4, 0.5) is 0 Å².